The molecule has 0 rings (SSSR count). The molecule has 3 heteroatoms. The minimum Gasteiger partial charge on any atom is -0.393 e. The summed E-state index contributed by atoms with van der Waals surface area (Å²) in [6.45, 7) is 3.70. The average molecular weight is 160 g/mol. The number of aliphatic hydroxyl groups excluding tert-OH is 1. The first-order valence-corrected chi connectivity index (χ1v) is 4.23. The molecule has 0 aromatic carbocycles. The van der Waals surface area contributed by atoms with E-state index in [-0.39, 0.29) is 18.2 Å². The molecule has 68 valence electrons. The molecule has 0 spiro atoms. The van der Waals surface area contributed by atoms with E-state index in [1.165, 1.54) is 0 Å². The SMILES string of the molecule is CC(O)CCCC(N)C(C)N. The van der Waals surface area contributed by atoms with Gasteiger partial charge in [0.25, 0.3) is 0 Å². The Hall–Kier alpha value is -0.120. The Morgan fingerprint density at radius 1 is 1.18 bits per heavy atom. The fraction of sp³-hybridized carbons (Fsp3) is 1.00. The largest absolute Gasteiger partial charge is 0.393 e. The summed E-state index contributed by atoms with van der Waals surface area (Å²) >= 11 is 0. The van der Waals surface area contributed by atoms with Crippen molar-refractivity contribution in [3.63, 3.8) is 0 Å². The number of rotatable bonds is 5. The maximum atomic E-state index is 8.93. The summed E-state index contributed by atoms with van der Waals surface area (Å²) < 4.78 is 0. The van der Waals surface area contributed by atoms with Crippen molar-refractivity contribution in [1.29, 1.82) is 0 Å². The summed E-state index contributed by atoms with van der Waals surface area (Å²) in [5.41, 5.74) is 11.3. The Kier molecular flexibility index (Phi) is 5.46. The first kappa shape index (κ1) is 10.9. The van der Waals surface area contributed by atoms with Crippen LogP contribution in [0.1, 0.15) is 33.1 Å². The second-order valence-corrected chi connectivity index (χ2v) is 3.30. The van der Waals surface area contributed by atoms with E-state index in [4.69, 9.17) is 16.6 Å². The lowest BCUT2D eigenvalue weighted by Crippen LogP contribution is -2.38. The van der Waals surface area contributed by atoms with E-state index < -0.39 is 0 Å². The van der Waals surface area contributed by atoms with Crippen LogP contribution in [0, 0.1) is 0 Å². The number of hydrogen-bond donors (Lipinski definition) is 3. The van der Waals surface area contributed by atoms with Crippen LogP contribution in [-0.2, 0) is 0 Å². The molecule has 0 amide bonds. The molecule has 5 N–H and O–H groups in total. The highest BCUT2D eigenvalue weighted by molar-refractivity contribution is 4.71. The van der Waals surface area contributed by atoms with Crippen LogP contribution in [-0.4, -0.2) is 23.3 Å². The smallest absolute Gasteiger partial charge is 0.0512 e. The Labute approximate surface area is 68.8 Å². The van der Waals surface area contributed by atoms with Gasteiger partial charge in [0.2, 0.25) is 0 Å². The van der Waals surface area contributed by atoms with Crippen LogP contribution in [0.15, 0.2) is 0 Å². The van der Waals surface area contributed by atoms with Gasteiger partial charge < -0.3 is 16.6 Å². The van der Waals surface area contributed by atoms with Gasteiger partial charge in [0, 0.05) is 12.1 Å². The van der Waals surface area contributed by atoms with Gasteiger partial charge >= 0.3 is 0 Å². The molecule has 11 heavy (non-hydrogen) atoms. The van der Waals surface area contributed by atoms with Crippen molar-refractivity contribution in [3.8, 4) is 0 Å². The molecule has 3 unspecified atom stereocenters. The van der Waals surface area contributed by atoms with Crippen molar-refractivity contribution in [2.75, 3.05) is 0 Å². The van der Waals surface area contributed by atoms with Crippen molar-refractivity contribution in [1.82, 2.24) is 0 Å². The summed E-state index contributed by atoms with van der Waals surface area (Å²) in [6.07, 6.45) is 2.47. The third-order valence-corrected chi connectivity index (χ3v) is 1.83. The molecule has 0 aliphatic carbocycles. The van der Waals surface area contributed by atoms with Gasteiger partial charge in [-0.15, -0.1) is 0 Å². The van der Waals surface area contributed by atoms with Crippen LogP contribution in [0.25, 0.3) is 0 Å². The van der Waals surface area contributed by atoms with E-state index in [1.54, 1.807) is 6.92 Å². The Morgan fingerprint density at radius 2 is 1.73 bits per heavy atom. The predicted molar refractivity (Wildman–Crippen MR) is 47.2 cm³/mol. The van der Waals surface area contributed by atoms with Crippen molar-refractivity contribution >= 4 is 0 Å². The standard InChI is InChI=1S/C8H20N2O/c1-6(11)4-3-5-8(10)7(2)9/h6-8,11H,3-5,9-10H2,1-2H3. The highest BCUT2D eigenvalue weighted by Gasteiger charge is 2.07. The van der Waals surface area contributed by atoms with Crippen molar-refractivity contribution < 1.29 is 5.11 Å². The zero-order valence-corrected chi connectivity index (χ0v) is 7.46. The van der Waals surface area contributed by atoms with Crippen molar-refractivity contribution in [2.24, 2.45) is 11.5 Å². The summed E-state index contributed by atoms with van der Waals surface area (Å²) in [5, 5.41) is 8.93. The van der Waals surface area contributed by atoms with Gasteiger partial charge in [-0.05, 0) is 33.1 Å². The van der Waals surface area contributed by atoms with Crippen LogP contribution < -0.4 is 11.5 Å². The molecule has 0 saturated heterocycles. The lowest BCUT2D eigenvalue weighted by molar-refractivity contribution is 0.179. The summed E-state index contributed by atoms with van der Waals surface area (Å²) in [4.78, 5) is 0. The van der Waals surface area contributed by atoms with Crippen LogP contribution >= 0.6 is 0 Å². The Balaban J connectivity index is 3.24. The summed E-state index contributed by atoms with van der Waals surface area (Å²) in [7, 11) is 0. The van der Waals surface area contributed by atoms with Gasteiger partial charge in [-0.1, -0.05) is 0 Å². The molecule has 0 aliphatic rings. The average Bonchev–Trinajstić information content (AvgIpc) is 1.86. The zero-order chi connectivity index (χ0) is 8.85. The minimum absolute atomic E-state index is 0.0593. The predicted octanol–water partition coefficient (Wildman–Crippen LogP) is 0.212. The fourth-order valence-electron chi connectivity index (χ4n) is 0.912. The quantitative estimate of drug-likeness (QED) is 0.538. The molecule has 0 aromatic heterocycles. The van der Waals surface area contributed by atoms with Crippen LogP contribution in [0.4, 0.5) is 0 Å². The van der Waals surface area contributed by atoms with Gasteiger partial charge in [-0.25, -0.2) is 0 Å². The monoisotopic (exact) mass is 160 g/mol. The van der Waals surface area contributed by atoms with Crippen molar-refractivity contribution in [2.45, 2.75) is 51.3 Å². The molecule has 0 bridgehead atoms. The molecule has 0 aromatic rings. The Bertz CT molecular complexity index is 94.1. The van der Waals surface area contributed by atoms with E-state index in [1.807, 2.05) is 6.92 Å². The first-order chi connectivity index (χ1) is 5.04. The number of nitrogens with two attached hydrogens (primary N) is 2. The lowest BCUT2D eigenvalue weighted by atomic mass is 10.0. The molecule has 0 heterocycles. The van der Waals surface area contributed by atoms with Gasteiger partial charge in [0.1, 0.15) is 0 Å². The van der Waals surface area contributed by atoms with Crippen LogP contribution in [0.5, 0.6) is 0 Å². The maximum Gasteiger partial charge on any atom is 0.0512 e. The first-order valence-electron chi connectivity index (χ1n) is 4.23. The molecule has 0 aliphatic heterocycles. The van der Waals surface area contributed by atoms with E-state index >= 15 is 0 Å². The Morgan fingerprint density at radius 3 is 2.09 bits per heavy atom. The molecular weight excluding hydrogens is 140 g/mol. The lowest BCUT2D eigenvalue weighted by Gasteiger charge is -2.15. The molecule has 0 saturated carbocycles. The minimum atomic E-state index is -0.213. The highest BCUT2D eigenvalue weighted by atomic mass is 16.3. The molecule has 3 atom stereocenters. The van der Waals surface area contributed by atoms with Crippen LogP contribution in [0.3, 0.4) is 0 Å². The summed E-state index contributed by atoms with van der Waals surface area (Å²) in [6, 6.07) is 0.137. The summed E-state index contributed by atoms with van der Waals surface area (Å²) in [5.74, 6) is 0. The molecule has 0 radical (unpaired) electrons. The second-order valence-electron chi connectivity index (χ2n) is 3.30. The van der Waals surface area contributed by atoms with E-state index in [0.717, 1.165) is 19.3 Å². The molecule has 3 nitrogen and oxygen atoms in total. The van der Waals surface area contributed by atoms with E-state index in [0.29, 0.717) is 0 Å². The van der Waals surface area contributed by atoms with Crippen LogP contribution in [0.2, 0.25) is 0 Å². The number of hydrogen-bond acceptors (Lipinski definition) is 3. The second kappa shape index (κ2) is 5.52. The third kappa shape index (κ3) is 6.28. The topological polar surface area (TPSA) is 72.3 Å². The zero-order valence-electron chi connectivity index (χ0n) is 7.46. The third-order valence-electron chi connectivity index (χ3n) is 1.83. The van der Waals surface area contributed by atoms with Gasteiger partial charge in [-0.2, -0.15) is 0 Å². The normalized spacial score (nSPS) is 19.4. The number of aliphatic hydroxyl groups is 1. The van der Waals surface area contributed by atoms with Crippen molar-refractivity contribution in [3.05, 3.63) is 0 Å². The van der Waals surface area contributed by atoms with Gasteiger partial charge in [-0.3, -0.25) is 0 Å². The van der Waals surface area contributed by atoms with E-state index in [2.05, 4.69) is 0 Å². The van der Waals surface area contributed by atoms with Gasteiger partial charge in [0.05, 0.1) is 6.10 Å². The fourth-order valence-corrected chi connectivity index (χ4v) is 0.912. The highest BCUT2D eigenvalue weighted by Crippen LogP contribution is 2.03. The molecule has 0 fully saturated rings. The molecular formula is C8H20N2O. The van der Waals surface area contributed by atoms with E-state index in [9.17, 15) is 0 Å². The maximum absolute atomic E-state index is 8.93. The van der Waals surface area contributed by atoms with Gasteiger partial charge in [0.15, 0.2) is 0 Å².